The number of hydrogen-bond acceptors (Lipinski definition) is 4. The molecule has 1 aromatic heterocycles. The quantitative estimate of drug-likeness (QED) is 0.864. The Kier molecular flexibility index (Phi) is 5.46. The van der Waals surface area contributed by atoms with Crippen LogP contribution in [0.25, 0.3) is 0 Å². The summed E-state index contributed by atoms with van der Waals surface area (Å²) in [4.78, 5) is 15.0. The number of thiophene rings is 1. The number of hydrogen-bond donors (Lipinski definition) is 2. The fraction of sp³-hybridized carbons (Fsp3) is 0.688. The van der Waals surface area contributed by atoms with Gasteiger partial charge >= 0.3 is 6.18 Å². The third kappa shape index (κ3) is 3.92. The monoisotopic (exact) mass is 361 g/mol. The molecule has 1 unspecified atom stereocenters. The third-order valence-electron chi connectivity index (χ3n) is 4.73. The van der Waals surface area contributed by atoms with E-state index in [0.717, 1.165) is 31.2 Å². The molecule has 1 atom stereocenters. The van der Waals surface area contributed by atoms with Gasteiger partial charge in [0.15, 0.2) is 0 Å². The number of fused-ring (bicyclic) bond motifs is 1. The van der Waals surface area contributed by atoms with Gasteiger partial charge in [0.25, 0.3) is 5.91 Å². The van der Waals surface area contributed by atoms with E-state index in [2.05, 4.69) is 10.6 Å². The van der Waals surface area contributed by atoms with E-state index in [1.165, 1.54) is 9.78 Å². The second-order valence-electron chi connectivity index (χ2n) is 6.31. The number of carbonyl (C=O) groups is 1. The van der Waals surface area contributed by atoms with Crippen molar-refractivity contribution in [1.29, 1.82) is 0 Å². The Morgan fingerprint density at radius 2 is 2.00 bits per heavy atom. The lowest BCUT2D eigenvalue weighted by molar-refractivity contribution is -0.183. The summed E-state index contributed by atoms with van der Waals surface area (Å²) in [6, 6.07) is -1.63. The molecule has 134 valence electrons. The number of nitrogens with zero attached hydrogens (tertiary/aromatic N) is 1. The van der Waals surface area contributed by atoms with E-state index in [-0.39, 0.29) is 5.91 Å². The van der Waals surface area contributed by atoms with Crippen molar-refractivity contribution < 1.29 is 18.0 Å². The van der Waals surface area contributed by atoms with Crippen LogP contribution in [0.15, 0.2) is 5.38 Å². The van der Waals surface area contributed by atoms with Crippen LogP contribution in [0.3, 0.4) is 0 Å². The van der Waals surface area contributed by atoms with Gasteiger partial charge < -0.3 is 10.6 Å². The molecule has 2 aliphatic rings. The molecule has 0 radical (unpaired) electrons. The number of nitrogens with one attached hydrogen (secondary N) is 2. The van der Waals surface area contributed by atoms with Crippen LogP contribution in [0.4, 0.5) is 13.2 Å². The van der Waals surface area contributed by atoms with E-state index in [0.29, 0.717) is 31.7 Å². The summed E-state index contributed by atoms with van der Waals surface area (Å²) in [5.41, 5.74) is 1.60. The molecule has 3 rings (SSSR count). The Bertz CT molecular complexity index is 582. The second-order valence-corrected chi connectivity index (χ2v) is 7.28. The van der Waals surface area contributed by atoms with Crippen molar-refractivity contribution in [2.24, 2.45) is 0 Å². The average molecular weight is 361 g/mol. The number of halogens is 3. The summed E-state index contributed by atoms with van der Waals surface area (Å²) >= 11 is 1.55. The Morgan fingerprint density at radius 3 is 2.71 bits per heavy atom. The number of piperazine rings is 1. The van der Waals surface area contributed by atoms with Gasteiger partial charge in [0, 0.05) is 43.0 Å². The summed E-state index contributed by atoms with van der Waals surface area (Å²) < 4.78 is 40.1. The van der Waals surface area contributed by atoms with E-state index in [1.54, 1.807) is 16.7 Å². The Labute approximate surface area is 143 Å². The topological polar surface area (TPSA) is 44.4 Å². The van der Waals surface area contributed by atoms with Crippen molar-refractivity contribution in [1.82, 2.24) is 15.5 Å². The fourth-order valence-corrected chi connectivity index (χ4v) is 4.54. The first kappa shape index (κ1) is 17.7. The third-order valence-corrected chi connectivity index (χ3v) is 5.82. The molecule has 8 heteroatoms. The molecule has 0 spiro atoms. The predicted molar refractivity (Wildman–Crippen MR) is 87.6 cm³/mol. The molecule has 4 nitrogen and oxygen atoms in total. The van der Waals surface area contributed by atoms with Gasteiger partial charge in [0.2, 0.25) is 0 Å². The lowest BCUT2D eigenvalue weighted by atomic mass is 9.95. The lowest BCUT2D eigenvalue weighted by Gasteiger charge is -2.35. The van der Waals surface area contributed by atoms with Crippen LogP contribution in [0.5, 0.6) is 0 Å². The van der Waals surface area contributed by atoms with Crippen LogP contribution in [-0.4, -0.2) is 55.7 Å². The van der Waals surface area contributed by atoms with Crippen molar-refractivity contribution in [2.75, 3.05) is 32.7 Å². The summed E-state index contributed by atoms with van der Waals surface area (Å²) in [6.45, 7) is 1.37. The van der Waals surface area contributed by atoms with E-state index in [9.17, 15) is 18.0 Å². The van der Waals surface area contributed by atoms with Crippen molar-refractivity contribution in [3.63, 3.8) is 0 Å². The SMILES string of the molecule is O=C(NCC(N1CCNCC1)C(F)(F)F)c1csc2c1CCCC2. The second kappa shape index (κ2) is 7.41. The molecular weight excluding hydrogens is 339 g/mol. The minimum Gasteiger partial charge on any atom is -0.350 e. The Hall–Kier alpha value is -1.12. The van der Waals surface area contributed by atoms with E-state index >= 15 is 0 Å². The van der Waals surface area contributed by atoms with E-state index in [4.69, 9.17) is 0 Å². The highest BCUT2D eigenvalue weighted by atomic mass is 32.1. The molecule has 2 heterocycles. The van der Waals surface area contributed by atoms with Crippen LogP contribution in [0.2, 0.25) is 0 Å². The van der Waals surface area contributed by atoms with Crippen LogP contribution >= 0.6 is 11.3 Å². The first-order valence-corrected chi connectivity index (χ1v) is 9.23. The minimum absolute atomic E-state index is 0.341. The maximum Gasteiger partial charge on any atom is 0.405 e. The molecule has 1 aromatic rings. The van der Waals surface area contributed by atoms with Crippen molar-refractivity contribution >= 4 is 17.2 Å². The molecule has 2 N–H and O–H groups in total. The first-order chi connectivity index (χ1) is 11.5. The summed E-state index contributed by atoms with van der Waals surface area (Å²) in [6.07, 6.45) is -0.371. The van der Waals surface area contributed by atoms with Crippen LogP contribution in [0, 0.1) is 0 Å². The maximum atomic E-state index is 13.4. The Morgan fingerprint density at radius 1 is 1.29 bits per heavy atom. The molecule has 24 heavy (non-hydrogen) atoms. The van der Waals surface area contributed by atoms with Crippen molar-refractivity contribution in [2.45, 2.75) is 37.9 Å². The van der Waals surface area contributed by atoms with Crippen molar-refractivity contribution in [3.05, 3.63) is 21.4 Å². The zero-order valence-electron chi connectivity index (χ0n) is 13.4. The number of amides is 1. The highest BCUT2D eigenvalue weighted by Gasteiger charge is 2.43. The van der Waals surface area contributed by atoms with E-state index < -0.39 is 18.8 Å². The predicted octanol–water partition coefficient (Wildman–Crippen LogP) is 2.19. The van der Waals surface area contributed by atoms with Gasteiger partial charge in [0.1, 0.15) is 6.04 Å². The molecule has 1 aliphatic heterocycles. The van der Waals surface area contributed by atoms with Crippen LogP contribution in [-0.2, 0) is 12.8 Å². The van der Waals surface area contributed by atoms with Gasteiger partial charge in [-0.15, -0.1) is 11.3 Å². The average Bonchev–Trinajstić information content (AvgIpc) is 2.99. The minimum atomic E-state index is -4.35. The van der Waals surface area contributed by atoms with Gasteiger partial charge in [-0.3, -0.25) is 9.69 Å². The number of carbonyl (C=O) groups excluding carboxylic acids is 1. The molecule has 0 aromatic carbocycles. The molecule has 0 saturated carbocycles. The van der Waals surface area contributed by atoms with Crippen LogP contribution < -0.4 is 10.6 Å². The molecule has 1 amide bonds. The normalized spacial score (nSPS) is 20.5. The number of aryl methyl sites for hydroxylation is 1. The lowest BCUT2D eigenvalue weighted by Crippen LogP contribution is -2.57. The van der Waals surface area contributed by atoms with Gasteiger partial charge in [-0.25, -0.2) is 0 Å². The summed E-state index contributed by atoms with van der Waals surface area (Å²) in [7, 11) is 0. The zero-order chi connectivity index (χ0) is 17.2. The summed E-state index contributed by atoms with van der Waals surface area (Å²) in [5.74, 6) is -0.376. The first-order valence-electron chi connectivity index (χ1n) is 8.35. The molecule has 1 saturated heterocycles. The van der Waals surface area contributed by atoms with Gasteiger partial charge in [-0.2, -0.15) is 13.2 Å². The maximum absolute atomic E-state index is 13.4. The number of rotatable bonds is 4. The van der Waals surface area contributed by atoms with Gasteiger partial charge in [-0.05, 0) is 31.2 Å². The van der Waals surface area contributed by atoms with Crippen LogP contribution in [0.1, 0.15) is 33.6 Å². The largest absolute Gasteiger partial charge is 0.405 e. The van der Waals surface area contributed by atoms with Gasteiger partial charge in [-0.1, -0.05) is 0 Å². The molecule has 1 fully saturated rings. The van der Waals surface area contributed by atoms with Crippen molar-refractivity contribution in [3.8, 4) is 0 Å². The molecule has 0 bridgehead atoms. The van der Waals surface area contributed by atoms with E-state index in [1.807, 2.05) is 0 Å². The molecular formula is C16H22F3N3OS. The number of alkyl halides is 3. The highest BCUT2D eigenvalue weighted by molar-refractivity contribution is 7.10. The highest BCUT2D eigenvalue weighted by Crippen LogP contribution is 2.30. The smallest absolute Gasteiger partial charge is 0.350 e. The standard InChI is InChI=1S/C16H22F3N3OS/c17-16(18,19)14(22-7-5-20-6-8-22)9-21-15(23)12-10-24-13-4-2-1-3-11(12)13/h10,14,20H,1-9H2,(H,21,23). The Balaban J connectivity index is 1.65. The van der Waals surface area contributed by atoms with Gasteiger partial charge in [0.05, 0.1) is 5.56 Å². The molecule has 1 aliphatic carbocycles. The summed E-state index contributed by atoms with van der Waals surface area (Å²) in [5, 5.41) is 7.36. The zero-order valence-corrected chi connectivity index (χ0v) is 14.2. The fourth-order valence-electron chi connectivity index (χ4n) is 3.41.